The molecule has 1 unspecified atom stereocenters. The summed E-state index contributed by atoms with van der Waals surface area (Å²) in [7, 11) is 0. The van der Waals surface area contributed by atoms with Gasteiger partial charge in [0.1, 0.15) is 0 Å². The molecular weight excluding hydrogens is 218 g/mol. The van der Waals surface area contributed by atoms with Gasteiger partial charge in [0.25, 0.3) is 0 Å². The molecule has 18 heavy (non-hydrogen) atoms. The van der Waals surface area contributed by atoms with Crippen molar-refractivity contribution in [2.24, 2.45) is 0 Å². The smallest absolute Gasteiger partial charge is 0.0354 e. The highest BCUT2D eigenvalue weighted by Gasteiger charge is 2.07. The lowest BCUT2D eigenvalue weighted by Crippen LogP contribution is -2.22. The minimum atomic E-state index is 0.406. The molecule has 0 spiro atoms. The summed E-state index contributed by atoms with van der Waals surface area (Å²) in [5.74, 6) is 0. The van der Waals surface area contributed by atoms with Crippen molar-refractivity contribution < 1.29 is 0 Å². The summed E-state index contributed by atoms with van der Waals surface area (Å²) in [4.78, 5) is 0. The molecule has 98 valence electrons. The van der Waals surface area contributed by atoms with E-state index < -0.39 is 0 Å². The molecule has 0 amide bonds. The van der Waals surface area contributed by atoms with Gasteiger partial charge in [-0.3, -0.25) is 0 Å². The Balaban J connectivity index is 2.30. The quantitative estimate of drug-likeness (QED) is 0.466. The second-order valence-electron chi connectivity index (χ2n) is 4.58. The molecular formula is C17H25N. The van der Waals surface area contributed by atoms with Crippen molar-refractivity contribution in [3.63, 3.8) is 0 Å². The molecule has 0 aromatic heterocycles. The van der Waals surface area contributed by atoms with Crippen LogP contribution in [0, 0.1) is 0 Å². The van der Waals surface area contributed by atoms with Crippen molar-refractivity contribution in [2.75, 3.05) is 6.54 Å². The number of hydrogen-bond acceptors (Lipinski definition) is 1. The monoisotopic (exact) mass is 243 g/mol. The minimum absolute atomic E-state index is 0.406. The summed E-state index contributed by atoms with van der Waals surface area (Å²) in [5, 5.41) is 3.62. The van der Waals surface area contributed by atoms with Crippen molar-refractivity contribution >= 4 is 0 Å². The predicted octanol–water partition coefficient (Wildman–Crippen LogP) is 4.64. The van der Waals surface area contributed by atoms with Crippen LogP contribution < -0.4 is 5.32 Å². The number of nitrogens with one attached hydrogen (secondary N) is 1. The fourth-order valence-electron chi connectivity index (χ4n) is 2.06. The highest BCUT2D eigenvalue weighted by atomic mass is 14.9. The van der Waals surface area contributed by atoms with Gasteiger partial charge in [-0.15, -0.1) is 13.2 Å². The topological polar surface area (TPSA) is 12.0 Å². The molecule has 0 radical (unpaired) electrons. The van der Waals surface area contributed by atoms with E-state index in [1.165, 1.54) is 24.8 Å². The fourth-order valence-corrected chi connectivity index (χ4v) is 2.06. The standard InChI is InChI=1S/C17H25N/c1-3-5-6-7-11-15-18-17(12-4-2)16-13-9-8-10-14-16/h3-4,8-10,13-14,17-18H,1-2,5-7,11-12,15H2. The summed E-state index contributed by atoms with van der Waals surface area (Å²) < 4.78 is 0. The lowest BCUT2D eigenvalue weighted by molar-refractivity contribution is 0.514. The Hall–Kier alpha value is -1.34. The van der Waals surface area contributed by atoms with Crippen LogP contribution in [-0.4, -0.2) is 6.54 Å². The van der Waals surface area contributed by atoms with Gasteiger partial charge in [0.2, 0.25) is 0 Å². The Morgan fingerprint density at radius 3 is 2.44 bits per heavy atom. The van der Waals surface area contributed by atoms with E-state index in [1.807, 2.05) is 12.2 Å². The van der Waals surface area contributed by atoms with Gasteiger partial charge in [0, 0.05) is 6.04 Å². The highest BCUT2D eigenvalue weighted by Crippen LogP contribution is 2.16. The van der Waals surface area contributed by atoms with E-state index in [2.05, 4.69) is 48.8 Å². The molecule has 1 aromatic carbocycles. The zero-order valence-electron chi connectivity index (χ0n) is 11.3. The third-order valence-corrected chi connectivity index (χ3v) is 3.08. The lowest BCUT2D eigenvalue weighted by Gasteiger charge is -2.17. The van der Waals surface area contributed by atoms with Gasteiger partial charge in [-0.05, 0) is 37.8 Å². The van der Waals surface area contributed by atoms with Crippen molar-refractivity contribution in [1.29, 1.82) is 0 Å². The van der Waals surface area contributed by atoms with E-state index >= 15 is 0 Å². The number of unbranched alkanes of at least 4 members (excludes halogenated alkanes) is 3. The summed E-state index contributed by atoms with van der Waals surface area (Å²) in [5.41, 5.74) is 1.35. The van der Waals surface area contributed by atoms with Gasteiger partial charge < -0.3 is 5.32 Å². The van der Waals surface area contributed by atoms with Gasteiger partial charge in [0.05, 0.1) is 0 Å². The molecule has 0 aliphatic rings. The largest absolute Gasteiger partial charge is 0.310 e. The fraction of sp³-hybridized carbons (Fsp3) is 0.412. The third-order valence-electron chi connectivity index (χ3n) is 3.08. The van der Waals surface area contributed by atoms with Crippen LogP contribution in [0.3, 0.4) is 0 Å². The van der Waals surface area contributed by atoms with Gasteiger partial charge in [0.15, 0.2) is 0 Å². The van der Waals surface area contributed by atoms with Gasteiger partial charge in [-0.1, -0.05) is 48.9 Å². The van der Waals surface area contributed by atoms with E-state index in [-0.39, 0.29) is 0 Å². The maximum Gasteiger partial charge on any atom is 0.0354 e. The molecule has 1 atom stereocenters. The van der Waals surface area contributed by atoms with E-state index in [0.717, 1.165) is 19.4 Å². The van der Waals surface area contributed by atoms with Crippen LogP contribution in [0.25, 0.3) is 0 Å². The Kier molecular flexibility index (Phi) is 7.90. The molecule has 0 aliphatic carbocycles. The van der Waals surface area contributed by atoms with E-state index in [1.54, 1.807) is 0 Å². The molecule has 1 rings (SSSR count). The average Bonchev–Trinajstić information content (AvgIpc) is 2.42. The van der Waals surface area contributed by atoms with Crippen LogP contribution in [0.2, 0.25) is 0 Å². The molecule has 1 nitrogen and oxygen atoms in total. The van der Waals surface area contributed by atoms with Crippen molar-refractivity contribution in [3.8, 4) is 0 Å². The van der Waals surface area contributed by atoms with Crippen LogP contribution >= 0.6 is 0 Å². The molecule has 1 heteroatoms. The Labute approximate surface area is 112 Å². The first-order chi connectivity index (χ1) is 8.88. The first-order valence-electron chi connectivity index (χ1n) is 6.88. The molecule has 0 saturated carbocycles. The molecule has 1 aromatic rings. The van der Waals surface area contributed by atoms with Gasteiger partial charge >= 0.3 is 0 Å². The SMILES string of the molecule is C=CCCCCCNC(CC=C)c1ccccc1. The molecule has 0 saturated heterocycles. The van der Waals surface area contributed by atoms with Crippen molar-refractivity contribution in [1.82, 2.24) is 5.32 Å². The van der Waals surface area contributed by atoms with Gasteiger partial charge in [-0.25, -0.2) is 0 Å². The van der Waals surface area contributed by atoms with Crippen LogP contribution in [0.1, 0.15) is 43.7 Å². The van der Waals surface area contributed by atoms with E-state index in [0.29, 0.717) is 6.04 Å². The van der Waals surface area contributed by atoms with Crippen molar-refractivity contribution in [2.45, 2.75) is 38.1 Å². The number of rotatable bonds is 10. The van der Waals surface area contributed by atoms with Gasteiger partial charge in [-0.2, -0.15) is 0 Å². The molecule has 0 bridgehead atoms. The van der Waals surface area contributed by atoms with E-state index in [4.69, 9.17) is 0 Å². The van der Waals surface area contributed by atoms with Crippen LogP contribution in [0.5, 0.6) is 0 Å². The molecule has 0 heterocycles. The summed E-state index contributed by atoms with van der Waals surface area (Å²) >= 11 is 0. The maximum absolute atomic E-state index is 3.84. The zero-order valence-corrected chi connectivity index (χ0v) is 11.3. The summed E-state index contributed by atoms with van der Waals surface area (Å²) in [6.45, 7) is 8.66. The Morgan fingerprint density at radius 2 is 1.78 bits per heavy atom. The van der Waals surface area contributed by atoms with Crippen molar-refractivity contribution in [3.05, 3.63) is 61.2 Å². The highest BCUT2D eigenvalue weighted by molar-refractivity contribution is 5.19. The Morgan fingerprint density at radius 1 is 1.00 bits per heavy atom. The third kappa shape index (κ3) is 5.83. The first kappa shape index (κ1) is 14.7. The molecule has 1 N–H and O–H groups in total. The number of allylic oxidation sites excluding steroid dienone is 1. The normalized spacial score (nSPS) is 12.0. The van der Waals surface area contributed by atoms with Crippen LogP contribution in [-0.2, 0) is 0 Å². The zero-order chi connectivity index (χ0) is 13.1. The maximum atomic E-state index is 3.84. The van der Waals surface area contributed by atoms with E-state index in [9.17, 15) is 0 Å². The minimum Gasteiger partial charge on any atom is -0.310 e. The summed E-state index contributed by atoms with van der Waals surface area (Å²) in [6, 6.07) is 11.0. The second-order valence-corrected chi connectivity index (χ2v) is 4.58. The lowest BCUT2D eigenvalue weighted by atomic mass is 10.0. The van der Waals surface area contributed by atoms with Crippen LogP contribution in [0.15, 0.2) is 55.6 Å². The first-order valence-corrected chi connectivity index (χ1v) is 6.88. The molecule has 0 aliphatic heterocycles. The predicted molar refractivity (Wildman–Crippen MR) is 80.7 cm³/mol. The molecule has 0 fully saturated rings. The Bertz CT molecular complexity index is 329. The number of hydrogen-bond donors (Lipinski definition) is 1. The second kappa shape index (κ2) is 9.67. The summed E-state index contributed by atoms with van der Waals surface area (Å²) in [6.07, 6.45) is 9.86. The van der Waals surface area contributed by atoms with Crippen LogP contribution in [0.4, 0.5) is 0 Å². The number of benzene rings is 1. The average molecular weight is 243 g/mol.